The van der Waals surface area contributed by atoms with Gasteiger partial charge in [0.25, 0.3) is 5.91 Å². The highest BCUT2D eigenvalue weighted by atomic mass is 35.5. The van der Waals surface area contributed by atoms with Crippen LogP contribution in [0.3, 0.4) is 0 Å². The number of hydrogen-bond acceptors (Lipinski definition) is 3. The van der Waals surface area contributed by atoms with Crippen molar-refractivity contribution in [1.29, 1.82) is 0 Å². The molecule has 0 bridgehead atoms. The molecule has 5 nitrogen and oxygen atoms in total. The van der Waals surface area contributed by atoms with Crippen molar-refractivity contribution in [3.05, 3.63) is 58.6 Å². The SMILES string of the molecule is CCCNC(=O)c1cccc(NC(=O)CNc2ccc(C)c(Cl)c2)c1. The van der Waals surface area contributed by atoms with E-state index in [1.54, 1.807) is 30.3 Å². The minimum Gasteiger partial charge on any atom is -0.376 e. The van der Waals surface area contributed by atoms with Crippen molar-refractivity contribution in [1.82, 2.24) is 5.32 Å². The van der Waals surface area contributed by atoms with E-state index >= 15 is 0 Å². The molecule has 0 aliphatic rings. The average molecular weight is 360 g/mol. The van der Waals surface area contributed by atoms with Crippen LogP contribution in [0.5, 0.6) is 0 Å². The maximum Gasteiger partial charge on any atom is 0.251 e. The van der Waals surface area contributed by atoms with Crippen molar-refractivity contribution in [2.45, 2.75) is 20.3 Å². The Labute approximate surface area is 152 Å². The molecule has 0 aliphatic heterocycles. The third-order valence-electron chi connectivity index (χ3n) is 3.57. The molecule has 2 aromatic rings. The number of anilines is 2. The number of rotatable bonds is 7. The lowest BCUT2D eigenvalue weighted by molar-refractivity contribution is -0.114. The van der Waals surface area contributed by atoms with Gasteiger partial charge >= 0.3 is 0 Å². The Kier molecular flexibility index (Phi) is 6.83. The largest absolute Gasteiger partial charge is 0.376 e. The van der Waals surface area contributed by atoms with Crippen molar-refractivity contribution in [3.8, 4) is 0 Å². The summed E-state index contributed by atoms with van der Waals surface area (Å²) in [5.74, 6) is -0.354. The van der Waals surface area contributed by atoms with Gasteiger partial charge in [0.15, 0.2) is 0 Å². The number of benzene rings is 2. The molecule has 0 heterocycles. The Hall–Kier alpha value is -2.53. The van der Waals surface area contributed by atoms with Gasteiger partial charge in [-0.1, -0.05) is 30.7 Å². The maximum absolute atomic E-state index is 12.1. The molecule has 0 radical (unpaired) electrons. The van der Waals surface area contributed by atoms with Crippen molar-refractivity contribution in [2.24, 2.45) is 0 Å². The predicted octanol–water partition coefficient (Wildman–Crippen LogP) is 3.84. The number of carbonyl (C=O) groups is 2. The minimum absolute atomic E-state index is 0.103. The summed E-state index contributed by atoms with van der Waals surface area (Å²) in [6, 6.07) is 12.4. The van der Waals surface area contributed by atoms with Gasteiger partial charge in [0.1, 0.15) is 0 Å². The van der Waals surface area contributed by atoms with E-state index in [0.29, 0.717) is 22.8 Å². The zero-order valence-electron chi connectivity index (χ0n) is 14.4. The number of amides is 2. The van der Waals surface area contributed by atoms with Crippen molar-refractivity contribution < 1.29 is 9.59 Å². The van der Waals surface area contributed by atoms with Gasteiger partial charge in [0.05, 0.1) is 6.54 Å². The molecule has 2 amide bonds. The van der Waals surface area contributed by atoms with Gasteiger partial charge in [0.2, 0.25) is 5.91 Å². The predicted molar refractivity (Wildman–Crippen MR) is 102 cm³/mol. The Bertz CT molecular complexity index is 762. The van der Waals surface area contributed by atoms with Gasteiger partial charge in [-0.25, -0.2) is 0 Å². The standard InChI is InChI=1S/C19H22ClN3O2/c1-3-9-21-19(25)14-5-4-6-16(10-14)23-18(24)12-22-15-8-7-13(2)17(20)11-15/h4-8,10-11,22H,3,9,12H2,1-2H3,(H,21,25)(H,23,24). The number of hydrogen-bond donors (Lipinski definition) is 3. The summed E-state index contributed by atoms with van der Waals surface area (Å²) in [5, 5.41) is 9.26. The van der Waals surface area contributed by atoms with Crippen LogP contribution < -0.4 is 16.0 Å². The first kappa shape index (κ1) is 18.8. The monoisotopic (exact) mass is 359 g/mol. The van der Waals surface area contributed by atoms with Crippen LogP contribution in [0.4, 0.5) is 11.4 Å². The molecule has 25 heavy (non-hydrogen) atoms. The lowest BCUT2D eigenvalue weighted by atomic mass is 10.2. The van der Waals surface area contributed by atoms with Crippen molar-refractivity contribution in [2.75, 3.05) is 23.7 Å². The smallest absolute Gasteiger partial charge is 0.251 e. The molecule has 2 aromatic carbocycles. The summed E-state index contributed by atoms with van der Waals surface area (Å²) in [6.45, 7) is 4.64. The van der Waals surface area contributed by atoms with E-state index in [0.717, 1.165) is 17.7 Å². The lowest BCUT2D eigenvalue weighted by Gasteiger charge is -2.10. The molecule has 6 heteroatoms. The Morgan fingerprint density at radius 3 is 2.60 bits per heavy atom. The van der Waals surface area contributed by atoms with E-state index < -0.39 is 0 Å². The minimum atomic E-state index is -0.206. The second kappa shape index (κ2) is 9.08. The van der Waals surface area contributed by atoms with Gasteiger partial charge in [-0.3, -0.25) is 9.59 Å². The second-order valence-corrected chi connectivity index (χ2v) is 6.11. The fourth-order valence-corrected chi connectivity index (χ4v) is 2.35. The van der Waals surface area contributed by atoms with Crippen molar-refractivity contribution >= 4 is 34.8 Å². The topological polar surface area (TPSA) is 70.2 Å². The zero-order valence-corrected chi connectivity index (χ0v) is 15.1. The van der Waals surface area contributed by atoms with Crippen molar-refractivity contribution in [3.63, 3.8) is 0 Å². The van der Waals surface area contributed by atoms with Crippen LogP contribution >= 0.6 is 11.6 Å². The molecule has 0 aliphatic carbocycles. The van der Waals surface area contributed by atoms with Crippen LogP contribution in [0, 0.1) is 6.92 Å². The number of carbonyl (C=O) groups excluding carboxylic acids is 2. The normalized spacial score (nSPS) is 10.2. The maximum atomic E-state index is 12.1. The molecule has 2 rings (SSSR count). The van der Waals surface area contributed by atoms with Crippen LogP contribution in [0.1, 0.15) is 29.3 Å². The van der Waals surface area contributed by atoms with Gasteiger partial charge < -0.3 is 16.0 Å². The zero-order chi connectivity index (χ0) is 18.2. The fourth-order valence-electron chi connectivity index (χ4n) is 2.17. The van der Waals surface area contributed by atoms with Crippen LogP contribution in [0.15, 0.2) is 42.5 Å². The van der Waals surface area contributed by atoms with Gasteiger partial charge in [-0.15, -0.1) is 0 Å². The molecule has 0 atom stereocenters. The highest BCUT2D eigenvalue weighted by molar-refractivity contribution is 6.31. The number of halogens is 1. The molecule has 3 N–H and O–H groups in total. The first-order valence-corrected chi connectivity index (χ1v) is 8.55. The number of nitrogens with one attached hydrogen (secondary N) is 3. The summed E-state index contributed by atoms with van der Waals surface area (Å²) < 4.78 is 0. The van der Waals surface area contributed by atoms with E-state index in [4.69, 9.17) is 11.6 Å². The molecule has 0 aromatic heterocycles. The van der Waals surface area contributed by atoms with Gasteiger partial charge in [-0.05, 0) is 49.2 Å². The molecule has 0 saturated carbocycles. The number of aryl methyl sites for hydroxylation is 1. The molecule has 0 saturated heterocycles. The van der Waals surface area contributed by atoms with Crippen LogP contribution in [0.2, 0.25) is 5.02 Å². The third kappa shape index (κ3) is 5.80. The quantitative estimate of drug-likeness (QED) is 0.703. The molecular weight excluding hydrogens is 338 g/mol. The summed E-state index contributed by atoms with van der Waals surface area (Å²) in [4.78, 5) is 24.0. The summed E-state index contributed by atoms with van der Waals surface area (Å²) in [6.07, 6.45) is 0.872. The Balaban J connectivity index is 1.91. The fraction of sp³-hybridized carbons (Fsp3) is 0.263. The molecule has 0 fully saturated rings. The summed E-state index contributed by atoms with van der Waals surface area (Å²) in [5.41, 5.74) is 2.86. The van der Waals surface area contributed by atoms with E-state index in [1.807, 2.05) is 26.0 Å². The summed E-state index contributed by atoms with van der Waals surface area (Å²) in [7, 11) is 0. The molecule has 132 valence electrons. The summed E-state index contributed by atoms with van der Waals surface area (Å²) >= 11 is 6.06. The lowest BCUT2D eigenvalue weighted by Crippen LogP contribution is -2.24. The van der Waals surface area contributed by atoms with Crippen LogP contribution in [-0.4, -0.2) is 24.9 Å². The first-order chi connectivity index (χ1) is 12.0. The molecule has 0 unspecified atom stereocenters. The van der Waals surface area contributed by atoms with E-state index in [2.05, 4.69) is 16.0 Å². The van der Waals surface area contributed by atoms with Gasteiger partial charge in [0, 0.05) is 28.5 Å². The highest BCUT2D eigenvalue weighted by Crippen LogP contribution is 2.19. The third-order valence-corrected chi connectivity index (χ3v) is 3.98. The van der Waals surface area contributed by atoms with Crippen LogP contribution in [-0.2, 0) is 4.79 Å². The second-order valence-electron chi connectivity index (χ2n) is 5.70. The van der Waals surface area contributed by atoms with E-state index in [1.165, 1.54) is 0 Å². The first-order valence-electron chi connectivity index (χ1n) is 8.17. The molecular formula is C19H22ClN3O2. The highest BCUT2D eigenvalue weighted by Gasteiger charge is 2.07. The Morgan fingerprint density at radius 1 is 1.08 bits per heavy atom. The van der Waals surface area contributed by atoms with E-state index in [-0.39, 0.29) is 18.4 Å². The van der Waals surface area contributed by atoms with Gasteiger partial charge in [-0.2, -0.15) is 0 Å². The van der Waals surface area contributed by atoms with E-state index in [9.17, 15) is 9.59 Å². The molecule has 0 spiro atoms. The van der Waals surface area contributed by atoms with Crippen LogP contribution in [0.25, 0.3) is 0 Å². The average Bonchev–Trinajstić information content (AvgIpc) is 2.61. The Morgan fingerprint density at radius 2 is 1.88 bits per heavy atom.